The van der Waals surface area contributed by atoms with Gasteiger partial charge in [-0.15, -0.1) is 0 Å². The SMILES string of the molecule is C[C@H](O)CN1CCN(c2ccc(-c3cnc4[nH]cc(-c5cnn(Cc6cccc(F)c6)c5)c4c3)c(F)c2)CC1. The van der Waals surface area contributed by atoms with Crippen LogP contribution in [0.2, 0.25) is 0 Å². The number of piperazine rings is 1. The second kappa shape index (κ2) is 10.6. The van der Waals surface area contributed by atoms with E-state index in [1.165, 1.54) is 12.1 Å². The molecule has 1 saturated heterocycles. The third-order valence-electron chi connectivity index (χ3n) is 7.23. The Kier molecular flexibility index (Phi) is 6.85. The Balaban J connectivity index is 1.22. The van der Waals surface area contributed by atoms with Crippen LogP contribution in [0.4, 0.5) is 14.5 Å². The van der Waals surface area contributed by atoms with Crippen LogP contribution in [0.3, 0.4) is 0 Å². The Hall–Kier alpha value is -4.08. The van der Waals surface area contributed by atoms with Crippen LogP contribution in [-0.2, 0) is 6.54 Å². The van der Waals surface area contributed by atoms with E-state index >= 15 is 4.39 Å². The summed E-state index contributed by atoms with van der Waals surface area (Å²) in [4.78, 5) is 12.1. The van der Waals surface area contributed by atoms with Gasteiger partial charge in [0.1, 0.15) is 17.3 Å². The fraction of sp³-hybridized carbons (Fsp3) is 0.267. The minimum Gasteiger partial charge on any atom is -0.392 e. The lowest BCUT2D eigenvalue weighted by molar-refractivity contribution is 0.122. The molecule has 1 aliphatic heterocycles. The highest BCUT2D eigenvalue weighted by Crippen LogP contribution is 2.33. The molecule has 1 atom stereocenters. The van der Waals surface area contributed by atoms with Gasteiger partial charge in [-0.3, -0.25) is 9.58 Å². The molecule has 4 heterocycles. The molecule has 0 aliphatic carbocycles. The largest absolute Gasteiger partial charge is 0.392 e. The number of H-pyrrole nitrogens is 1. The number of rotatable bonds is 7. The molecule has 0 bridgehead atoms. The van der Waals surface area contributed by atoms with Gasteiger partial charge in [-0.2, -0.15) is 5.10 Å². The van der Waals surface area contributed by atoms with Crippen molar-refractivity contribution in [3.8, 4) is 22.3 Å². The van der Waals surface area contributed by atoms with Gasteiger partial charge in [0.2, 0.25) is 0 Å². The van der Waals surface area contributed by atoms with E-state index in [4.69, 9.17) is 0 Å². The predicted molar refractivity (Wildman–Crippen MR) is 149 cm³/mol. The molecule has 0 amide bonds. The van der Waals surface area contributed by atoms with Crippen molar-refractivity contribution in [3.05, 3.63) is 90.5 Å². The maximum absolute atomic E-state index is 15.4. The van der Waals surface area contributed by atoms with Crippen LogP contribution in [-0.4, -0.2) is 68.6 Å². The fourth-order valence-electron chi connectivity index (χ4n) is 5.30. The molecule has 2 N–H and O–H groups in total. The van der Waals surface area contributed by atoms with Crippen molar-refractivity contribution in [2.24, 2.45) is 0 Å². The predicted octanol–water partition coefficient (Wildman–Crippen LogP) is 4.92. The molecular formula is C30H30F2N6O. The van der Waals surface area contributed by atoms with Crippen molar-refractivity contribution in [2.75, 3.05) is 37.6 Å². The zero-order valence-electron chi connectivity index (χ0n) is 21.7. The molecule has 7 nitrogen and oxygen atoms in total. The molecule has 1 fully saturated rings. The topological polar surface area (TPSA) is 73.2 Å². The van der Waals surface area contributed by atoms with Gasteiger partial charge in [0.05, 0.1) is 18.8 Å². The minimum atomic E-state index is -0.351. The summed E-state index contributed by atoms with van der Waals surface area (Å²) in [6.45, 7) is 6.17. The second-order valence-corrected chi connectivity index (χ2v) is 10.2. The number of aromatic amines is 1. The highest BCUT2D eigenvalue weighted by atomic mass is 19.1. The summed E-state index contributed by atoms with van der Waals surface area (Å²) in [5.41, 5.74) is 5.39. The number of hydrogen-bond acceptors (Lipinski definition) is 5. The first-order valence-corrected chi connectivity index (χ1v) is 13.1. The zero-order chi connectivity index (χ0) is 26.9. The van der Waals surface area contributed by atoms with Crippen LogP contribution in [0.25, 0.3) is 33.3 Å². The van der Waals surface area contributed by atoms with Gasteiger partial charge >= 0.3 is 0 Å². The van der Waals surface area contributed by atoms with Gasteiger partial charge in [-0.05, 0) is 48.9 Å². The molecule has 2 aromatic carbocycles. The quantitative estimate of drug-likeness (QED) is 0.314. The Bertz CT molecular complexity index is 1600. The fourth-order valence-corrected chi connectivity index (χ4v) is 5.30. The number of aliphatic hydroxyl groups excluding tert-OH is 1. The summed E-state index contributed by atoms with van der Waals surface area (Å²) in [6, 6.07) is 13.8. The van der Waals surface area contributed by atoms with Crippen molar-refractivity contribution in [3.63, 3.8) is 0 Å². The molecule has 0 unspecified atom stereocenters. The highest BCUT2D eigenvalue weighted by molar-refractivity contribution is 5.95. The van der Waals surface area contributed by atoms with Crippen LogP contribution >= 0.6 is 0 Å². The summed E-state index contributed by atoms with van der Waals surface area (Å²) >= 11 is 0. The summed E-state index contributed by atoms with van der Waals surface area (Å²) in [5.74, 6) is -0.564. The van der Waals surface area contributed by atoms with Crippen molar-refractivity contribution in [1.82, 2.24) is 24.6 Å². The van der Waals surface area contributed by atoms with Crippen molar-refractivity contribution < 1.29 is 13.9 Å². The molecule has 200 valence electrons. The Labute approximate surface area is 225 Å². The van der Waals surface area contributed by atoms with E-state index in [2.05, 4.69) is 24.9 Å². The summed E-state index contributed by atoms with van der Waals surface area (Å²) in [6.07, 6.45) is 6.89. The number of benzene rings is 2. The number of fused-ring (bicyclic) bond motifs is 1. The number of nitrogens with one attached hydrogen (secondary N) is 1. The normalized spacial score (nSPS) is 15.2. The first kappa shape index (κ1) is 25.2. The number of nitrogens with zero attached hydrogens (tertiary/aromatic N) is 5. The third-order valence-corrected chi connectivity index (χ3v) is 7.23. The van der Waals surface area contributed by atoms with Crippen molar-refractivity contribution in [2.45, 2.75) is 19.6 Å². The lowest BCUT2D eigenvalue weighted by Crippen LogP contribution is -2.48. The molecule has 39 heavy (non-hydrogen) atoms. The number of aliphatic hydroxyl groups is 1. The maximum atomic E-state index is 15.4. The summed E-state index contributed by atoms with van der Waals surface area (Å²) < 4.78 is 30.7. The van der Waals surface area contributed by atoms with E-state index < -0.39 is 0 Å². The summed E-state index contributed by atoms with van der Waals surface area (Å²) in [7, 11) is 0. The smallest absolute Gasteiger partial charge is 0.137 e. The van der Waals surface area contributed by atoms with Gasteiger partial charge in [-0.1, -0.05) is 12.1 Å². The van der Waals surface area contributed by atoms with Gasteiger partial charge in [-0.25, -0.2) is 13.8 Å². The van der Waals surface area contributed by atoms with Gasteiger partial charge in [0.15, 0.2) is 0 Å². The van der Waals surface area contributed by atoms with E-state index in [-0.39, 0.29) is 17.7 Å². The number of aromatic nitrogens is 4. The Morgan fingerprint density at radius 3 is 2.59 bits per heavy atom. The number of β-amino-alcohol motifs (C(OH)–C–C–N with tert-alkyl or cyclic N) is 1. The van der Waals surface area contributed by atoms with E-state index in [9.17, 15) is 9.50 Å². The molecule has 6 rings (SSSR count). The standard InChI is InChI=1S/C30H30F2N6O/c1-20(39)17-36-7-9-37(10-8-36)25-5-6-26(29(32)13-25)22-12-27-28(16-34-30(27)33-14-22)23-15-35-38(19-23)18-21-3-2-4-24(31)11-21/h2-6,11-16,19-20,39H,7-10,17-18H2,1H3,(H,33,34)/t20-/m0/s1. The molecule has 0 saturated carbocycles. The number of halogens is 2. The molecule has 1 aliphatic rings. The highest BCUT2D eigenvalue weighted by Gasteiger charge is 2.20. The molecule has 0 radical (unpaired) electrons. The van der Waals surface area contributed by atoms with E-state index in [1.54, 1.807) is 36.1 Å². The van der Waals surface area contributed by atoms with Crippen LogP contribution in [0, 0.1) is 11.6 Å². The molecule has 9 heteroatoms. The van der Waals surface area contributed by atoms with Crippen LogP contribution in [0.5, 0.6) is 0 Å². The van der Waals surface area contributed by atoms with E-state index in [0.29, 0.717) is 29.9 Å². The third kappa shape index (κ3) is 5.41. The van der Waals surface area contributed by atoms with Crippen LogP contribution in [0.1, 0.15) is 12.5 Å². The first-order chi connectivity index (χ1) is 18.9. The molecular weight excluding hydrogens is 498 g/mol. The van der Waals surface area contributed by atoms with Crippen molar-refractivity contribution in [1.29, 1.82) is 0 Å². The van der Waals surface area contributed by atoms with E-state index in [0.717, 1.165) is 53.9 Å². The van der Waals surface area contributed by atoms with Crippen LogP contribution < -0.4 is 4.90 Å². The molecule has 0 spiro atoms. The minimum absolute atomic E-state index is 0.273. The molecule has 5 aromatic rings. The lowest BCUT2D eigenvalue weighted by Gasteiger charge is -2.36. The second-order valence-electron chi connectivity index (χ2n) is 10.2. The van der Waals surface area contributed by atoms with E-state index in [1.807, 2.05) is 36.7 Å². The maximum Gasteiger partial charge on any atom is 0.137 e. The Morgan fingerprint density at radius 2 is 1.82 bits per heavy atom. The first-order valence-electron chi connectivity index (χ1n) is 13.1. The van der Waals surface area contributed by atoms with Gasteiger partial charge in [0, 0.05) is 84.6 Å². The zero-order valence-corrected chi connectivity index (χ0v) is 21.7. The summed E-state index contributed by atoms with van der Waals surface area (Å²) in [5, 5.41) is 15.0. The monoisotopic (exact) mass is 528 g/mol. The van der Waals surface area contributed by atoms with Crippen molar-refractivity contribution >= 4 is 16.7 Å². The number of hydrogen-bond donors (Lipinski definition) is 2. The molecule has 3 aromatic heterocycles. The average Bonchev–Trinajstić information content (AvgIpc) is 3.55. The van der Waals surface area contributed by atoms with Crippen LogP contribution in [0.15, 0.2) is 73.3 Å². The Morgan fingerprint density at radius 1 is 0.974 bits per heavy atom. The van der Waals surface area contributed by atoms with Gasteiger partial charge in [0.25, 0.3) is 0 Å². The number of pyridine rings is 1. The number of anilines is 1. The van der Waals surface area contributed by atoms with Gasteiger partial charge < -0.3 is 15.0 Å². The average molecular weight is 529 g/mol. The lowest BCUT2D eigenvalue weighted by atomic mass is 10.0.